The zero-order valence-electron chi connectivity index (χ0n) is 13.1. The lowest BCUT2D eigenvalue weighted by atomic mass is 9.87. The molecule has 1 rings (SSSR count). The lowest BCUT2D eigenvalue weighted by Crippen LogP contribution is -2.39. The first-order valence-electron chi connectivity index (χ1n) is 6.98. The van der Waals surface area contributed by atoms with Crippen LogP contribution in [0.3, 0.4) is 0 Å². The van der Waals surface area contributed by atoms with Gasteiger partial charge in [0, 0.05) is 16.4 Å². The van der Waals surface area contributed by atoms with E-state index in [0.29, 0.717) is 0 Å². The van der Waals surface area contributed by atoms with Crippen LogP contribution in [0.1, 0.15) is 24.8 Å². The van der Waals surface area contributed by atoms with E-state index < -0.39 is 41.0 Å². The molecular formula is C15H16ClNO7. The number of nitrogens with zero attached hydrogens (tertiary/aromatic N) is 1. The summed E-state index contributed by atoms with van der Waals surface area (Å²) in [6, 6.07) is 4.09. The standard InChI is InChI=1S/C15H16ClNO7/c1-3-24-15(20)13(17(21)22)11(8-12(18)14(19)23-2)9-5-4-6-10(16)7-9/h4-7,11,13H,3,8H2,1-2H3/t11-,13?/m1/s1. The Morgan fingerprint density at radius 1 is 1.33 bits per heavy atom. The van der Waals surface area contributed by atoms with Gasteiger partial charge in [0.05, 0.1) is 19.6 Å². The van der Waals surface area contributed by atoms with Gasteiger partial charge in [-0.1, -0.05) is 23.7 Å². The van der Waals surface area contributed by atoms with E-state index in [1.165, 1.54) is 31.2 Å². The van der Waals surface area contributed by atoms with Crippen LogP contribution in [0.2, 0.25) is 5.02 Å². The minimum Gasteiger partial charge on any atom is -0.463 e. The van der Waals surface area contributed by atoms with E-state index >= 15 is 0 Å². The summed E-state index contributed by atoms with van der Waals surface area (Å²) in [7, 11) is 1.02. The molecule has 24 heavy (non-hydrogen) atoms. The summed E-state index contributed by atoms with van der Waals surface area (Å²) < 4.78 is 9.05. The minimum absolute atomic E-state index is 0.0591. The maximum atomic E-state index is 12.0. The molecule has 0 amide bonds. The van der Waals surface area contributed by atoms with Crippen LogP contribution in [0.25, 0.3) is 0 Å². The van der Waals surface area contributed by atoms with Crippen LogP contribution in [0.4, 0.5) is 0 Å². The van der Waals surface area contributed by atoms with Crippen molar-refractivity contribution in [1.29, 1.82) is 0 Å². The summed E-state index contributed by atoms with van der Waals surface area (Å²) in [6.07, 6.45) is -0.586. The normalized spacial score (nSPS) is 12.8. The van der Waals surface area contributed by atoms with Crippen molar-refractivity contribution in [2.75, 3.05) is 13.7 Å². The molecule has 9 heteroatoms. The van der Waals surface area contributed by atoms with Gasteiger partial charge in [0.1, 0.15) is 0 Å². The van der Waals surface area contributed by atoms with Gasteiger partial charge in [0.15, 0.2) is 0 Å². The Hall–Kier alpha value is -2.48. The Kier molecular flexibility index (Phi) is 7.31. The van der Waals surface area contributed by atoms with E-state index in [4.69, 9.17) is 16.3 Å². The van der Waals surface area contributed by atoms with Crippen molar-refractivity contribution in [3.8, 4) is 0 Å². The summed E-state index contributed by atoms with van der Waals surface area (Å²) in [4.78, 5) is 45.7. The van der Waals surface area contributed by atoms with Crippen molar-refractivity contribution >= 4 is 29.3 Å². The number of esters is 2. The molecule has 0 N–H and O–H groups in total. The maximum Gasteiger partial charge on any atom is 0.382 e. The summed E-state index contributed by atoms with van der Waals surface area (Å²) in [5.41, 5.74) is 0.273. The lowest BCUT2D eigenvalue weighted by Gasteiger charge is -2.19. The summed E-state index contributed by atoms with van der Waals surface area (Å²) in [5, 5.41) is 11.7. The van der Waals surface area contributed by atoms with E-state index in [1.807, 2.05) is 0 Å². The average Bonchev–Trinajstić information content (AvgIpc) is 2.53. The molecule has 0 aromatic heterocycles. The van der Waals surface area contributed by atoms with E-state index in [0.717, 1.165) is 7.11 Å². The molecule has 0 fully saturated rings. The number of ether oxygens (including phenoxy) is 2. The molecule has 0 aliphatic heterocycles. The molecule has 0 spiro atoms. The smallest absolute Gasteiger partial charge is 0.382 e. The highest BCUT2D eigenvalue weighted by molar-refractivity contribution is 6.33. The Balaban J connectivity index is 3.29. The first-order chi connectivity index (χ1) is 11.3. The Bertz CT molecular complexity index is 646. The Morgan fingerprint density at radius 2 is 2.00 bits per heavy atom. The van der Waals surface area contributed by atoms with Gasteiger partial charge >= 0.3 is 18.0 Å². The number of ketones is 1. The molecule has 1 aromatic rings. The predicted molar refractivity (Wildman–Crippen MR) is 83.2 cm³/mol. The van der Waals surface area contributed by atoms with Crippen LogP contribution in [-0.2, 0) is 23.9 Å². The first-order valence-corrected chi connectivity index (χ1v) is 7.36. The molecular weight excluding hydrogens is 342 g/mol. The largest absolute Gasteiger partial charge is 0.463 e. The second-order valence-electron chi connectivity index (χ2n) is 4.76. The number of halogens is 1. The van der Waals surface area contributed by atoms with Gasteiger partial charge < -0.3 is 9.47 Å². The van der Waals surface area contributed by atoms with Gasteiger partial charge in [-0.05, 0) is 24.6 Å². The Labute approximate surface area is 142 Å². The van der Waals surface area contributed by atoms with E-state index in [9.17, 15) is 24.5 Å². The molecule has 0 aliphatic rings. The van der Waals surface area contributed by atoms with Crippen LogP contribution < -0.4 is 0 Å². The number of rotatable bonds is 8. The zero-order valence-corrected chi connectivity index (χ0v) is 13.8. The molecule has 0 bridgehead atoms. The number of Topliss-reactive ketones (excluding diaryl/α,β-unsaturated/α-hetero) is 1. The van der Waals surface area contributed by atoms with Gasteiger partial charge in [0.25, 0.3) is 0 Å². The van der Waals surface area contributed by atoms with Crippen molar-refractivity contribution < 1.29 is 28.8 Å². The van der Waals surface area contributed by atoms with Crippen LogP contribution in [0, 0.1) is 10.1 Å². The first kappa shape index (κ1) is 19.6. The number of hydrogen-bond acceptors (Lipinski definition) is 7. The van der Waals surface area contributed by atoms with Crippen molar-refractivity contribution in [1.82, 2.24) is 0 Å². The second kappa shape index (κ2) is 8.97. The topological polar surface area (TPSA) is 113 Å². The highest BCUT2D eigenvalue weighted by atomic mass is 35.5. The number of carbonyl (C=O) groups is 3. The van der Waals surface area contributed by atoms with Crippen molar-refractivity contribution in [3.63, 3.8) is 0 Å². The third-order valence-electron chi connectivity index (χ3n) is 3.23. The molecule has 0 saturated carbocycles. The molecule has 1 aromatic carbocycles. The second-order valence-corrected chi connectivity index (χ2v) is 5.20. The minimum atomic E-state index is -1.85. The van der Waals surface area contributed by atoms with Crippen molar-refractivity contribution in [2.24, 2.45) is 0 Å². The fourth-order valence-corrected chi connectivity index (χ4v) is 2.37. The lowest BCUT2D eigenvalue weighted by molar-refractivity contribution is -0.514. The fourth-order valence-electron chi connectivity index (χ4n) is 2.17. The van der Waals surface area contributed by atoms with Gasteiger partial charge in [-0.15, -0.1) is 0 Å². The summed E-state index contributed by atoms with van der Waals surface area (Å²) in [6.45, 7) is 1.44. The highest BCUT2D eigenvalue weighted by Crippen LogP contribution is 2.29. The van der Waals surface area contributed by atoms with Crippen LogP contribution >= 0.6 is 11.6 Å². The number of benzene rings is 1. The molecule has 0 radical (unpaired) electrons. The molecule has 8 nitrogen and oxygen atoms in total. The summed E-state index contributed by atoms with van der Waals surface area (Å²) >= 11 is 5.88. The fraction of sp³-hybridized carbons (Fsp3) is 0.400. The van der Waals surface area contributed by atoms with E-state index in [-0.39, 0.29) is 17.2 Å². The van der Waals surface area contributed by atoms with Crippen LogP contribution in [-0.4, -0.2) is 42.4 Å². The highest BCUT2D eigenvalue weighted by Gasteiger charge is 2.43. The number of nitro groups is 1. The monoisotopic (exact) mass is 357 g/mol. The predicted octanol–water partition coefficient (Wildman–Crippen LogP) is 1.76. The van der Waals surface area contributed by atoms with Crippen LogP contribution in [0.15, 0.2) is 24.3 Å². The number of carbonyl (C=O) groups excluding carboxylic acids is 3. The van der Waals surface area contributed by atoms with Crippen molar-refractivity contribution in [2.45, 2.75) is 25.3 Å². The molecule has 130 valence electrons. The molecule has 0 saturated heterocycles. The Morgan fingerprint density at radius 3 is 2.50 bits per heavy atom. The molecule has 0 heterocycles. The van der Waals surface area contributed by atoms with Gasteiger partial charge in [-0.2, -0.15) is 0 Å². The van der Waals surface area contributed by atoms with E-state index in [2.05, 4.69) is 4.74 Å². The zero-order chi connectivity index (χ0) is 18.3. The average molecular weight is 358 g/mol. The van der Waals surface area contributed by atoms with Gasteiger partial charge in [-0.3, -0.25) is 14.9 Å². The summed E-state index contributed by atoms with van der Waals surface area (Å²) in [5.74, 6) is -4.44. The maximum absolute atomic E-state index is 12.0. The molecule has 2 atom stereocenters. The third-order valence-corrected chi connectivity index (χ3v) is 3.47. The molecule has 0 aliphatic carbocycles. The SMILES string of the molecule is CCOC(=O)C([C@H](CC(=O)C(=O)OC)c1cccc(Cl)c1)[N+](=O)[O-]. The van der Waals surface area contributed by atoms with Crippen molar-refractivity contribution in [3.05, 3.63) is 45.0 Å². The number of methoxy groups -OCH3 is 1. The van der Waals surface area contributed by atoms with Gasteiger partial charge in [0.2, 0.25) is 5.78 Å². The number of hydrogen-bond donors (Lipinski definition) is 0. The quantitative estimate of drug-likeness (QED) is 0.301. The van der Waals surface area contributed by atoms with Crippen LogP contribution in [0.5, 0.6) is 0 Å². The van der Waals surface area contributed by atoms with E-state index in [1.54, 1.807) is 0 Å². The molecule has 1 unspecified atom stereocenters. The van der Waals surface area contributed by atoms with Gasteiger partial charge in [-0.25, -0.2) is 9.59 Å². The third kappa shape index (κ3) is 5.02.